The van der Waals surface area contributed by atoms with Crippen LogP contribution in [-0.2, 0) is 28.7 Å². The van der Waals surface area contributed by atoms with E-state index in [0.29, 0.717) is 81.0 Å². The fraction of sp³-hybridized carbons (Fsp3) is 0.394. The van der Waals surface area contributed by atoms with E-state index in [1.165, 1.54) is 34.6 Å². The van der Waals surface area contributed by atoms with Crippen LogP contribution < -0.4 is 18.9 Å². The van der Waals surface area contributed by atoms with Gasteiger partial charge in [-0.15, -0.1) is 22.7 Å². The summed E-state index contributed by atoms with van der Waals surface area (Å²) >= 11 is 3.04. The van der Waals surface area contributed by atoms with Crippen molar-refractivity contribution in [2.75, 3.05) is 26.4 Å². The van der Waals surface area contributed by atoms with Gasteiger partial charge in [0.1, 0.15) is 11.5 Å². The van der Waals surface area contributed by atoms with Gasteiger partial charge in [-0.25, -0.2) is 9.59 Å². The van der Waals surface area contributed by atoms with E-state index < -0.39 is 0 Å². The zero-order valence-electron chi connectivity index (χ0n) is 48.2. The van der Waals surface area contributed by atoms with E-state index in [0.717, 1.165) is 155 Å². The van der Waals surface area contributed by atoms with Gasteiger partial charge in [-0.05, 0) is 160 Å². The van der Waals surface area contributed by atoms with E-state index in [9.17, 15) is 24.4 Å². The number of carbonyl (C=O) groups excluding carboxylic acids is 4. The summed E-state index contributed by atoms with van der Waals surface area (Å²) in [5.74, 6) is 1.56. The van der Waals surface area contributed by atoms with Gasteiger partial charge < -0.3 is 28.4 Å². The van der Waals surface area contributed by atoms with Crippen LogP contribution in [0.4, 0.5) is 0 Å². The standard InChI is InChI=1S/C71H77NO10S2/c1-3-64(73)79-44-18-11-7-5-9-16-42-77-58-38-34-52(35-39-58)50-26-30-56(31-27-50)70(75)81-66-60-46-62(54-20-14-13-15-21-54)83-68(60)67(61-47-63(84-69(61)66)55-24-22-49(48-72)23-25-55)82-71(76)57-32-28-51(29-33-57)53-36-40-59(41-37-53)78-43-17-10-6-8-12-19-45-80-65(74)4-2/h3-4,13-15,20-25,34-41,46-47,50-51,56-57H,1-2,5-12,16-19,26-33,42-45H2. The topological polar surface area (TPSA) is 147 Å². The van der Waals surface area contributed by atoms with Crippen molar-refractivity contribution in [3.05, 3.63) is 157 Å². The molecule has 5 aromatic carbocycles. The zero-order chi connectivity index (χ0) is 58.5. The summed E-state index contributed by atoms with van der Waals surface area (Å²) in [6.07, 6.45) is 21.0. The van der Waals surface area contributed by atoms with Crippen molar-refractivity contribution in [3.8, 4) is 49.9 Å². The molecular formula is C71H77NO10S2. The quantitative estimate of drug-likeness (QED) is 0.0183. The molecule has 0 spiro atoms. The number of nitriles is 1. The largest absolute Gasteiger partial charge is 0.494 e. The first-order valence-electron chi connectivity index (χ1n) is 30.2. The van der Waals surface area contributed by atoms with Crippen molar-refractivity contribution in [2.45, 2.75) is 140 Å². The lowest BCUT2D eigenvalue weighted by Crippen LogP contribution is -2.25. The number of hydrogen-bond acceptors (Lipinski definition) is 13. The van der Waals surface area contributed by atoms with Crippen molar-refractivity contribution in [1.82, 2.24) is 0 Å². The molecule has 0 bridgehead atoms. The third kappa shape index (κ3) is 16.8. The van der Waals surface area contributed by atoms with E-state index >= 15 is 0 Å². The first-order chi connectivity index (χ1) is 41.2. The molecule has 0 N–H and O–H groups in total. The molecular weight excluding hydrogens is 1090 g/mol. The first kappa shape index (κ1) is 61.0. The molecule has 2 fully saturated rings. The number of esters is 4. The van der Waals surface area contributed by atoms with Gasteiger partial charge in [0.15, 0.2) is 11.5 Å². The molecule has 11 nitrogen and oxygen atoms in total. The molecule has 0 saturated heterocycles. The number of thiophene rings is 2. The fourth-order valence-electron chi connectivity index (χ4n) is 11.5. The maximum Gasteiger partial charge on any atom is 0.330 e. The minimum atomic E-state index is -0.366. The molecule has 2 aliphatic rings. The van der Waals surface area contributed by atoms with Crippen LogP contribution in [-0.4, -0.2) is 50.3 Å². The summed E-state index contributed by atoms with van der Waals surface area (Å²) in [4.78, 5) is 53.4. The Kier molecular flexibility index (Phi) is 22.8. The summed E-state index contributed by atoms with van der Waals surface area (Å²) in [6, 6.07) is 40.8. The summed E-state index contributed by atoms with van der Waals surface area (Å²) in [7, 11) is 0. The highest BCUT2D eigenvalue weighted by molar-refractivity contribution is 7.24. The average Bonchev–Trinajstić information content (AvgIpc) is 1.90. The highest BCUT2D eigenvalue weighted by atomic mass is 32.1. The van der Waals surface area contributed by atoms with Crippen LogP contribution >= 0.6 is 22.7 Å². The van der Waals surface area contributed by atoms with E-state index in [1.54, 1.807) is 23.5 Å². The molecule has 0 atom stereocenters. The number of ether oxygens (including phenoxy) is 6. The highest BCUT2D eigenvalue weighted by Gasteiger charge is 2.34. The normalized spacial score (nSPS) is 16.8. The summed E-state index contributed by atoms with van der Waals surface area (Å²) < 4.78 is 37.2. The predicted octanol–water partition coefficient (Wildman–Crippen LogP) is 18.0. The Morgan fingerprint density at radius 3 is 1.25 bits per heavy atom. The summed E-state index contributed by atoms with van der Waals surface area (Å²) in [5.41, 5.74) is 4.98. The summed E-state index contributed by atoms with van der Waals surface area (Å²) in [6.45, 7) is 9.07. The molecule has 2 aliphatic carbocycles. The van der Waals surface area contributed by atoms with Gasteiger partial charge >= 0.3 is 23.9 Å². The molecule has 7 aromatic rings. The van der Waals surface area contributed by atoms with E-state index in [1.807, 2.05) is 36.4 Å². The summed E-state index contributed by atoms with van der Waals surface area (Å²) in [5, 5.41) is 11.1. The van der Waals surface area contributed by atoms with Gasteiger partial charge in [0.05, 0.1) is 59.3 Å². The van der Waals surface area contributed by atoms with Crippen molar-refractivity contribution in [1.29, 1.82) is 5.26 Å². The molecule has 0 aliphatic heterocycles. The second kappa shape index (κ2) is 31.4. The molecule has 2 saturated carbocycles. The average molecular weight is 1170 g/mol. The van der Waals surface area contributed by atoms with Gasteiger partial charge in [-0.1, -0.05) is 131 Å². The van der Waals surface area contributed by atoms with Crippen molar-refractivity contribution >= 4 is 66.7 Å². The molecule has 2 heterocycles. The van der Waals surface area contributed by atoms with Crippen molar-refractivity contribution in [3.63, 3.8) is 0 Å². The number of unbranched alkanes of at least 4 members (excludes halogenated alkanes) is 10. The molecule has 0 radical (unpaired) electrons. The number of rotatable bonds is 30. The van der Waals surface area contributed by atoms with Crippen LogP contribution in [0.25, 0.3) is 41.1 Å². The highest BCUT2D eigenvalue weighted by Crippen LogP contribution is 2.53. The lowest BCUT2D eigenvalue weighted by molar-refractivity contribution is -0.140. The monoisotopic (exact) mass is 1170 g/mol. The van der Waals surface area contributed by atoms with Crippen LogP contribution in [0.5, 0.6) is 23.0 Å². The maximum absolute atomic E-state index is 14.6. The molecule has 13 heteroatoms. The van der Waals surface area contributed by atoms with Crippen molar-refractivity contribution < 1.29 is 47.6 Å². The number of carbonyl (C=O) groups is 4. The van der Waals surface area contributed by atoms with Gasteiger partial charge in [0, 0.05) is 32.7 Å². The maximum atomic E-state index is 14.6. The Balaban J connectivity index is 0.833. The van der Waals surface area contributed by atoms with Crippen LogP contribution in [0.15, 0.2) is 141 Å². The first-order valence-corrected chi connectivity index (χ1v) is 31.9. The van der Waals surface area contributed by atoms with Crippen LogP contribution in [0, 0.1) is 23.2 Å². The molecule has 0 amide bonds. The molecule has 0 unspecified atom stereocenters. The van der Waals surface area contributed by atoms with Gasteiger partial charge in [-0.3, -0.25) is 9.59 Å². The second-order valence-electron chi connectivity index (χ2n) is 22.2. The van der Waals surface area contributed by atoms with Crippen LogP contribution in [0.1, 0.15) is 157 Å². The lowest BCUT2D eigenvalue weighted by Gasteiger charge is -2.28. The lowest BCUT2D eigenvalue weighted by atomic mass is 9.79. The van der Waals surface area contributed by atoms with Crippen LogP contribution in [0.2, 0.25) is 0 Å². The van der Waals surface area contributed by atoms with E-state index in [2.05, 4.69) is 86.0 Å². The van der Waals surface area contributed by atoms with Crippen molar-refractivity contribution in [2.24, 2.45) is 11.8 Å². The van der Waals surface area contributed by atoms with Crippen LogP contribution in [0.3, 0.4) is 0 Å². The number of hydrogen-bond donors (Lipinski definition) is 0. The Morgan fingerprint density at radius 1 is 0.476 bits per heavy atom. The molecule has 438 valence electrons. The Labute approximate surface area is 502 Å². The number of nitrogens with zero attached hydrogens (tertiary/aromatic N) is 1. The minimum absolute atomic E-state index is 0.250. The minimum Gasteiger partial charge on any atom is -0.494 e. The second-order valence-corrected chi connectivity index (χ2v) is 24.3. The Morgan fingerprint density at radius 2 is 0.857 bits per heavy atom. The smallest absolute Gasteiger partial charge is 0.330 e. The van der Waals surface area contributed by atoms with E-state index in [4.69, 9.17) is 28.4 Å². The van der Waals surface area contributed by atoms with Gasteiger partial charge in [-0.2, -0.15) is 5.26 Å². The molecule has 2 aromatic heterocycles. The SMILES string of the molecule is C=CC(=O)OCCCCCCCCOc1ccc(C2CCC(C(=O)Oc3c4cc(-c5ccc(C#N)cc5)sc4c(OC(=O)C4CCC(c5ccc(OCCCCCCCCOC(=O)C=C)cc5)CC4)c4cc(-c5ccccc5)sc34)CC2)cc1. The Bertz CT molecular complexity index is 3170. The number of benzene rings is 5. The zero-order valence-corrected chi connectivity index (χ0v) is 49.8. The molecule has 9 rings (SSSR count). The third-order valence-corrected chi connectivity index (χ3v) is 18.8. The van der Waals surface area contributed by atoms with E-state index in [-0.39, 0.29) is 35.7 Å². The Hall–Kier alpha value is -7.53. The van der Waals surface area contributed by atoms with Gasteiger partial charge in [0.25, 0.3) is 0 Å². The fourth-order valence-corrected chi connectivity index (χ4v) is 13.8. The third-order valence-electron chi connectivity index (χ3n) is 16.4. The number of fused-ring (bicyclic) bond motifs is 2. The van der Waals surface area contributed by atoms with Gasteiger partial charge in [0.2, 0.25) is 0 Å². The predicted molar refractivity (Wildman–Crippen MR) is 335 cm³/mol. The molecule has 84 heavy (non-hydrogen) atoms.